The maximum Gasteiger partial charge on any atom is 0.301 e. The molecule has 0 saturated heterocycles. The SMILES string of the molecule is CC(C)Oc1ccc(/C(=N/Nc2ccc([N+](=O)[O-])cc2[N+](=O)[O-])C2CCCCC2)c2ccccc12. The zero-order chi connectivity index (χ0) is 24.9. The number of non-ortho nitro benzene ring substituents is 1. The minimum absolute atomic E-state index is 0.0279. The first kappa shape index (κ1) is 24.1. The van der Waals surface area contributed by atoms with Gasteiger partial charge in [0.15, 0.2) is 0 Å². The Bertz CT molecular complexity index is 1280. The van der Waals surface area contributed by atoms with Gasteiger partial charge in [0, 0.05) is 22.9 Å². The summed E-state index contributed by atoms with van der Waals surface area (Å²) in [5, 5.41) is 29.4. The summed E-state index contributed by atoms with van der Waals surface area (Å²) in [6.07, 6.45) is 5.33. The molecule has 0 radical (unpaired) electrons. The predicted molar refractivity (Wildman–Crippen MR) is 136 cm³/mol. The monoisotopic (exact) mass is 476 g/mol. The zero-order valence-corrected chi connectivity index (χ0v) is 19.8. The van der Waals surface area contributed by atoms with Crippen molar-refractivity contribution in [2.45, 2.75) is 52.1 Å². The number of hydrazone groups is 1. The maximum atomic E-state index is 11.6. The molecule has 1 N–H and O–H groups in total. The lowest BCUT2D eigenvalue weighted by atomic mass is 9.82. The first-order valence-corrected chi connectivity index (χ1v) is 11.8. The Labute approximate surface area is 203 Å². The first-order chi connectivity index (χ1) is 16.8. The fourth-order valence-corrected chi connectivity index (χ4v) is 4.60. The van der Waals surface area contributed by atoms with Crippen molar-refractivity contribution >= 4 is 33.5 Å². The molecule has 0 aromatic heterocycles. The van der Waals surface area contributed by atoms with E-state index in [1.54, 1.807) is 0 Å². The molecule has 1 fully saturated rings. The van der Waals surface area contributed by atoms with Crippen LogP contribution >= 0.6 is 0 Å². The number of fused-ring (bicyclic) bond motifs is 1. The second kappa shape index (κ2) is 10.5. The Morgan fingerprint density at radius 3 is 2.34 bits per heavy atom. The summed E-state index contributed by atoms with van der Waals surface area (Å²) >= 11 is 0. The fourth-order valence-electron chi connectivity index (χ4n) is 4.60. The molecular formula is C26H28N4O5. The molecule has 1 aliphatic rings. The number of anilines is 1. The van der Waals surface area contributed by atoms with Gasteiger partial charge in [-0.05, 0) is 50.3 Å². The van der Waals surface area contributed by atoms with E-state index in [-0.39, 0.29) is 23.4 Å². The standard InChI is InChI=1S/C26H28N4O5/c1-17(2)35-25-15-13-22(20-10-6-7-11-21(20)25)26(18-8-4-3-5-9-18)28-27-23-14-12-19(29(31)32)16-24(23)30(33)34/h6-7,10-18,27H,3-5,8-9H2,1-2H3/b28-26+. The summed E-state index contributed by atoms with van der Waals surface area (Å²) in [4.78, 5) is 21.4. The second-order valence-electron chi connectivity index (χ2n) is 8.98. The molecule has 4 rings (SSSR count). The van der Waals surface area contributed by atoms with E-state index in [0.29, 0.717) is 0 Å². The molecule has 0 unspecified atom stereocenters. The summed E-state index contributed by atoms with van der Waals surface area (Å²) in [5.74, 6) is 0.981. The highest BCUT2D eigenvalue weighted by Gasteiger charge is 2.25. The van der Waals surface area contributed by atoms with Crippen LogP contribution < -0.4 is 10.2 Å². The van der Waals surface area contributed by atoms with Gasteiger partial charge in [0.1, 0.15) is 11.4 Å². The lowest BCUT2D eigenvalue weighted by Gasteiger charge is -2.25. The molecule has 0 spiro atoms. The van der Waals surface area contributed by atoms with E-state index in [0.717, 1.165) is 59.5 Å². The minimum Gasteiger partial charge on any atom is -0.490 e. The number of nitro groups is 2. The van der Waals surface area contributed by atoms with Crippen LogP contribution in [-0.4, -0.2) is 21.7 Å². The summed E-state index contributed by atoms with van der Waals surface area (Å²) in [5.41, 5.74) is 4.00. The van der Waals surface area contributed by atoms with Crippen molar-refractivity contribution < 1.29 is 14.6 Å². The number of hydrogen-bond donors (Lipinski definition) is 1. The predicted octanol–water partition coefficient (Wildman–Crippen LogP) is 6.84. The quantitative estimate of drug-likeness (QED) is 0.216. The smallest absolute Gasteiger partial charge is 0.301 e. The van der Waals surface area contributed by atoms with Gasteiger partial charge in [0.2, 0.25) is 0 Å². The van der Waals surface area contributed by atoms with Gasteiger partial charge < -0.3 is 4.74 Å². The molecule has 182 valence electrons. The van der Waals surface area contributed by atoms with Crippen LogP contribution in [-0.2, 0) is 0 Å². The molecule has 0 amide bonds. The van der Waals surface area contributed by atoms with Gasteiger partial charge in [-0.3, -0.25) is 25.7 Å². The zero-order valence-electron chi connectivity index (χ0n) is 19.8. The highest BCUT2D eigenvalue weighted by Crippen LogP contribution is 2.35. The number of benzene rings is 3. The molecule has 35 heavy (non-hydrogen) atoms. The van der Waals surface area contributed by atoms with Gasteiger partial charge in [0.25, 0.3) is 5.69 Å². The molecule has 1 saturated carbocycles. The van der Waals surface area contributed by atoms with Gasteiger partial charge in [-0.15, -0.1) is 0 Å². The number of rotatable bonds is 8. The van der Waals surface area contributed by atoms with E-state index in [9.17, 15) is 20.2 Å². The third kappa shape index (κ3) is 5.40. The van der Waals surface area contributed by atoms with E-state index < -0.39 is 15.5 Å². The average Bonchev–Trinajstić information content (AvgIpc) is 2.85. The lowest BCUT2D eigenvalue weighted by molar-refractivity contribution is -0.393. The third-order valence-electron chi connectivity index (χ3n) is 6.20. The minimum atomic E-state index is -0.652. The molecule has 0 atom stereocenters. The molecule has 0 bridgehead atoms. The van der Waals surface area contributed by atoms with Crippen LogP contribution in [0.15, 0.2) is 59.7 Å². The number of nitrogens with one attached hydrogen (secondary N) is 1. The van der Waals surface area contributed by atoms with Crippen molar-refractivity contribution in [1.82, 2.24) is 0 Å². The van der Waals surface area contributed by atoms with Gasteiger partial charge in [-0.2, -0.15) is 5.10 Å². The molecule has 1 aliphatic carbocycles. The number of ether oxygens (including phenoxy) is 1. The van der Waals surface area contributed by atoms with Crippen LogP contribution in [0.2, 0.25) is 0 Å². The van der Waals surface area contributed by atoms with Crippen LogP contribution in [0.25, 0.3) is 10.8 Å². The maximum absolute atomic E-state index is 11.6. The Kier molecular flexibility index (Phi) is 7.24. The molecule has 3 aromatic carbocycles. The number of hydrogen-bond acceptors (Lipinski definition) is 7. The Balaban J connectivity index is 1.81. The summed E-state index contributed by atoms with van der Waals surface area (Å²) in [6, 6.07) is 15.4. The Morgan fingerprint density at radius 2 is 1.69 bits per heavy atom. The van der Waals surface area contributed by atoms with Crippen molar-refractivity contribution in [3.8, 4) is 5.75 Å². The van der Waals surface area contributed by atoms with Crippen molar-refractivity contribution in [1.29, 1.82) is 0 Å². The van der Waals surface area contributed by atoms with E-state index >= 15 is 0 Å². The van der Waals surface area contributed by atoms with Crippen LogP contribution in [0.4, 0.5) is 17.1 Å². The normalized spacial score (nSPS) is 14.8. The molecule has 9 nitrogen and oxygen atoms in total. The molecule has 0 heterocycles. The molecule has 9 heteroatoms. The van der Waals surface area contributed by atoms with Crippen LogP contribution in [0.3, 0.4) is 0 Å². The van der Waals surface area contributed by atoms with Gasteiger partial charge in [0.05, 0.1) is 27.7 Å². The number of nitrogens with zero attached hydrogens (tertiary/aromatic N) is 3. The summed E-state index contributed by atoms with van der Waals surface area (Å²) in [6.45, 7) is 3.97. The number of nitro benzene ring substituents is 2. The van der Waals surface area contributed by atoms with Gasteiger partial charge in [-0.25, -0.2) is 0 Å². The molecule has 3 aromatic rings. The van der Waals surface area contributed by atoms with Crippen molar-refractivity contribution in [3.63, 3.8) is 0 Å². The highest BCUT2D eigenvalue weighted by atomic mass is 16.6. The highest BCUT2D eigenvalue weighted by molar-refractivity contribution is 6.13. The van der Waals surface area contributed by atoms with Crippen LogP contribution in [0.1, 0.15) is 51.5 Å². The van der Waals surface area contributed by atoms with Gasteiger partial charge >= 0.3 is 5.69 Å². The Hall–Kier alpha value is -4.01. The average molecular weight is 477 g/mol. The van der Waals surface area contributed by atoms with E-state index in [4.69, 9.17) is 9.84 Å². The van der Waals surface area contributed by atoms with Crippen LogP contribution in [0, 0.1) is 26.1 Å². The Morgan fingerprint density at radius 1 is 0.971 bits per heavy atom. The van der Waals surface area contributed by atoms with E-state index in [1.807, 2.05) is 50.2 Å². The second-order valence-corrected chi connectivity index (χ2v) is 8.98. The largest absolute Gasteiger partial charge is 0.490 e. The van der Waals surface area contributed by atoms with E-state index in [2.05, 4.69) is 5.43 Å². The van der Waals surface area contributed by atoms with Gasteiger partial charge in [-0.1, -0.05) is 43.5 Å². The van der Waals surface area contributed by atoms with Crippen molar-refractivity contribution in [2.24, 2.45) is 11.0 Å². The van der Waals surface area contributed by atoms with Crippen molar-refractivity contribution in [2.75, 3.05) is 5.43 Å². The van der Waals surface area contributed by atoms with Crippen LogP contribution in [0.5, 0.6) is 5.75 Å². The third-order valence-corrected chi connectivity index (χ3v) is 6.20. The lowest BCUT2D eigenvalue weighted by Crippen LogP contribution is -2.21. The first-order valence-electron chi connectivity index (χ1n) is 11.8. The van der Waals surface area contributed by atoms with Crippen molar-refractivity contribution in [3.05, 3.63) is 80.4 Å². The van der Waals surface area contributed by atoms with E-state index in [1.165, 1.54) is 18.6 Å². The fraction of sp³-hybridized carbons (Fsp3) is 0.346. The molecular weight excluding hydrogens is 448 g/mol. The topological polar surface area (TPSA) is 120 Å². The summed E-state index contributed by atoms with van der Waals surface area (Å²) in [7, 11) is 0. The molecule has 0 aliphatic heterocycles. The summed E-state index contributed by atoms with van der Waals surface area (Å²) < 4.78 is 6.02.